The zero-order valence-electron chi connectivity index (χ0n) is 22.5. The minimum atomic E-state index is -0.264. The predicted octanol–water partition coefficient (Wildman–Crippen LogP) is 6.13. The molecule has 0 radical (unpaired) electrons. The monoisotopic (exact) mass is 520 g/mol. The second-order valence-electron chi connectivity index (χ2n) is 12.2. The van der Waals surface area contributed by atoms with Crippen molar-refractivity contribution in [2.45, 2.75) is 58.1 Å². The lowest BCUT2D eigenvalue weighted by Crippen LogP contribution is -2.50. The van der Waals surface area contributed by atoms with Gasteiger partial charge in [0.05, 0.1) is 12.0 Å². The van der Waals surface area contributed by atoms with Crippen LogP contribution in [0.2, 0.25) is 0 Å². The van der Waals surface area contributed by atoms with E-state index in [1.165, 1.54) is 49.1 Å². The highest BCUT2D eigenvalue weighted by Crippen LogP contribution is 2.55. The molecule has 38 heavy (non-hydrogen) atoms. The molecule has 2 saturated heterocycles. The van der Waals surface area contributed by atoms with Crippen molar-refractivity contribution >= 4 is 5.97 Å². The van der Waals surface area contributed by atoms with E-state index in [9.17, 15) is 13.6 Å². The fraction of sp³-hybridized carbons (Fsp3) is 0.531. The molecular weight excluding hydrogens is 482 g/mol. The molecule has 0 amide bonds. The standard InChI is InChI=1S/C32H38F2N2O2/c1-21-4-3-13-32(2)19-29-26(18-28(21)32)27(31(37)38-29)20-35-14-16-36(17-15-35)30(22-5-9-24(33)10-6-22)23-7-11-25(34)12-8-23/h5-12,26-27,29-30H,3-4,13-20H2,1-2H3/t26-,27-,29+,32+/m0/s1. The zero-order valence-corrected chi connectivity index (χ0v) is 22.5. The van der Waals surface area contributed by atoms with E-state index in [2.05, 4.69) is 23.6 Å². The lowest BCUT2D eigenvalue weighted by Gasteiger charge is -2.46. The third kappa shape index (κ3) is 4.82. The van der Waals surface area contributed by atoms with Crippen molar-refractivity contribution in [3.05, 3.63) is 82.4 Å². The van der Waals surface area contributed by atoms with Crippen molar-refractivity contribution < 1.29 is 18.3 Å². The van der Waals surface area contributed by atoms with Gasteiger partial charge in [-0.3, -0.25) is 14.6 Å². The number of rotatable bonds is 5. The Bertz CT molecular complexity index is 1160. The Morgan fingerprint density at radius 1 is 0.974 bits per heavy atom. The number of carbonyl (C=O) groups is 1. The highest BCUT2D eigenvalue weighted by Gasteiger charge is 2.53. The van der Waals surface area contributed by atoms with Crippen molar-refractivity contribution in [3.8, 4) is 0 Å². The number of hydrogen-bond acceptors (Lipinski definition) is 4. The Balaban J connectivity index is 1.15. The summed E-state index contributed by atoms with van der Waals surface area (Å²) in [5.41, 5.74) is 5.32. The van der Waals surface area contributed by atoms with Crippen LogP contribution in [-0.2, 0) is 9.53 Å². The SMILES string of the molecule is CC1=C2C[C@H]3[C@H](CN4CCN(C(c5ccc(F)cc5)c5ccc(F)cc5)CC4)C(=O)O[C@@H]3C[C@@]2(C)CCC1. The summed E-state index contributed by atoms with van der Waals surface area (Å²) in [5.74, 6) is -0.328. The largest absolute Gasteiger partial charge is 0.462 e. The number of allylic oxidation sites excluding steroid dienone is 2. The lowest BCUT2D eigenvalue weighted by atomic mass is 9.59. The molecule has 0 spiro atoms. The van der Waals surface area contributed by atoms with Crippen molar-refractivity contribution in [1.29, 1.82) is 0 Å². The quantitative estimate of drug-likeness (QED) is 0.351. The molecule has 1 saturated carbocycles. The van der Waals surface area contributed by atoms with Gasteiger partial charge < -0.3 is 4.74 Å². The molecular formula is C32H38F2N2O2. The van der Waals surface area contributed by atoms with E-state index in [1.807, 2.05) is 24.3 Å². The summed E-state index contributed by atoms with van der Waals surface area (Å²) in [7, 11) is 0. The maximum absolute atomic E-state index is 13.7. The van der Waals surface area contributed by atoms with Gasteiger partial charge in [0.15, 0.2) is 0 Å². The number of halogens is 2. The molecule has 2 aromatic carbocycles. The molecule has 2 heterocycles. The van der Waals surface area contributed by atoms with E-state index in [-0.39, 0.29) is 47.0 Å². The Kier molecular flexibility index (Phi) is 6.89. The van der Waals surface area contributed by atoms with Crippen LogP contribution in [0, 0.1) is 28.9 Å². The van der Waals surface area contributed by atoms with E-state index in [0.29, 0.717) is 0 Å². The van der Waals surface area contributed by atoms with Crippen LogP contribution in [-0.4, -0.2) is 54.6 Å². The molecule has 3 fully saturated rings. The van der Waals surface area contributed by atoms with Gasteiger partial charge in [0.25, 0.3) is 0 Å². The van der Waals surface area contributed by atoms with Gasteiger partial charge in [-0.15, -0.1) is 0 Å². The first-order chi connectivity index (χ1) is 18.3. The summed E-state index contributed by atoms with van der Waals surface area (Å²) in [6, 6.07) is 13.2. The molecule has 0 aromatic heterocycles. The first kappa shape index (κ1) is 25.7. The Labute approximate surface area is 224 Å². The van der Waals surface area contributed by atoms with Crippen LogP contribution >= 0.6 is 0 Å². The number of esters is 1. The summed E-state index contributed by atoms with van der Waals surface area (Å²) >= 11 is 0. The molecule has 4 nitrogen and oxygen atoms in total. The minimum absolute atomic E-state index is 0.0153. The van der Waals surface area contributed by atoms with Gasteiger partial charge in [-0.1, -0.05) is 42.3 Å². The van der Waals surface area contributed by atoms with E-state index in [4.69, 9.17) is 4.74 Å². The molecule has 0 N–H and O–H groups in total. The molecule has 6 heteroatoms. The molecule has 4 aliphatic rings. The van der Waals surface area contributed by atoms with E-state index in [0.717, 1.165) is 56.7 Å². The van der Waals surface area contributed by atoms with Gasteiger partial charge in [0.2, 0.25) is 0 Å². The highest BCUT2D eigenvalue weighted by molar-refractivity contribution is 5.76. The highest BCUT2D eigenvalue weighted by atomic mass is 19.1. The number of ether oxygens (including phenoxy) is 1. The maximum Gasteiger partial charge on any atom is 0.310 e. The number of hydrogen-bond donors (Lipinski definition) is 0. The van der Waals surface area contributed by atoms with Gasteiger partial charge >= 0.3 is 5.97 Å². The summed E-state index contributed by atoms with van der Waals surface area (Å²) in [4.78, 5) is 17.9. The van der Waals surface area contributed by atoms with Crippen molar-refractivity contribution in [3.63, 3.8) is 0 Å². The summed E-state index contributed by atoms with van der Waals surface area (Å²) in [6.07, 6.45) is 5.65. The number of nitrogens with zero attached hydrogens (tertiary/aromatic N) is 2. The topological polar surface area (TPSA) is 32.8 Å². The molecule has 2 aliphatic carbocycles. The summed E-state index contributed by atoms with van der Waals surface area (Å²) < 4.78 is 33.3. The first-order valence-corrected chi connectivity index (χ1v) is 14.2. The van der Waals surface area contributed by atoms with Crippen LogP contribution in [0.3, 0.4) is 0 Å². The second kappa shape index (κ2) is 10.2. The number of piperazine rings is 1. The third-order valence-electron chi connectivity index (χ3n) is 9.78. The second-order valence-corrected chi connectivity index (χ2v) is 12.2. The number of fused-ring (bicyclic) bond motifs is 2. The van der Waals surface area contributed by atoms with Crippen LogP contribution in [0.5, 0.6) is 0 Å². The number of carbonyl (C=O) groups excluding carboxylic acids is 1. The molecule has 202 valence electrons. The summed E-state index contributed by atoms with van der Waals surface area (Å²) in [6.45, 7) is 8.74. The molecule has 2 aliphatic heterocycles. The zero-order chi connectivity index (χ0) is 26.4. The average molecular weight is 521 g/mol. The fourth-order valence-electron chi connectivity index (χ4n) is 7.71. The van der Waals surface area contributed by atoms with Gasteiger partial charge in [-0.2, -0.15) is 0 Å². The Morgan fingerprint density at radius 2 is 1.58 bits per heavy atom. The summed E-state index contributed by atoms with van der Waals surface area (Å²) in [5, 5.41) is 0. The average Bonchev–Trinajstić information content (AvgIpc) is 3.19. The molecule has 2 aromatic rings. The van der Waals surface area contributed by atoms with Crippen LogP contribution in [0.15, 0.2) is 59.7 Å². The van der Waals surface area contributed by atoms with Gasteiger partial charge in [-0.25, -0.2) is 8.78 Å². The van der Waals surface area contributed by atoms with E-state index >= 15 is 0 Å². The van der Waals surface area contributed by atoms with E-state index in [1.54, 1.807) is 5.57 Å². The molecule has 4 atom stereocenters. The van der Waals surface area contributed by atoms with Crippen molar-refractivity contribution in [1.82, 2.24) is 9.80 Å². The van der Waals surface area contributed by atoms with E-state index < -0.39 is 0 Å². The Hall–Kier alpha value is -2.57. The Morgan fingerprint density at radius 3 is 2.18 bits per heavy atom. The van der Waals surface area contributed by atoms with Gasteiger partial charge in [0.1, 0.15) is 17.7 Å². The maximum atomic E-state index is 13.7. The number of benzene rings is 2. The van der Waals surface area contributed by atoms with Crippen LogP contribution in [0.4, 0.5) is 8.78 Å². The lowest BCUT2D eigenvalue weighted by molar-refractivity contribution is -0.145. The van der Waals surface area contributed by atoms with Crippen molar-refractivity contribution in [2.24, 2.45) is 17.3 Å². The van der Waals surface area contributed by atoms with Gasteiger partial charge in [0, 0.05) is 38.6 Å². The fourth-order valence-corrected chi connectivity index (χ4v) is 7.71. The normalized spacial score (nSPS) is 30.3. The van der Waals surface area contributed by atoms with Crippen LogP contribution in [0.1, 0.15) is 63.1 Å². The van der Waals surface area contributed by atoms with Crippen LogP contribution in [0.25, 0.3) is 0 Å². The minimum Gasteiger partial charge on any atom is -0.462 e. The smallest absolute Gasteiger partial charge is 0.310 e. The third-order valence-corrected chi connectivity index (χ3v) is 9.78. The van der Waals surface area contributed by atoms with Gasteiger partial charge in [-0.05, 0) is 79.8 Å². The molecule has 0 unspecified atom stereocenters. The predicted molar refractivity (Wildman–Crippen MR) is 143 cm³/mol. The van der Waals surface area contributed by atoms with Crippen molar-refractivity contribution in [2.75, 3.05) is 32.7 Å². The first-order valence-electron chi connectivity index (χ1n) is 14.2. The molecule has 0 bridgehead atoms. The van der Waals surface area contributed by atoms with Crippen LogP contribution < -0.4 is 0 Å². The molecule has 6 rings (SSSR count).